The molecule has 0 rings (SSSR count). The Morgan fingerprint density at radius 3 is 1.88 bits per heavy atom. The van der Waals surface area contributed by atoms with Crippen molar-refractivity contribution in [2.75, 3.05) is 46.8 Å². The lowest BCUT2D eigenvalue weighted by atomic mass is 10.5. The molecule has 6 nitrogen and oxygen atoms in total. The van der Waals surface area contributed by atoms with Crippen molar-refractivity contribution in [3.05, 3.63) is 0 Å². The number of aliphatic hydroxyl groups excluding tert-OH is 1. The van der Waals surface area contributed by atoms with Crippen LogP contribution in [0.2, 0.25) is 0 Å². The van der Waals surface area contributed by atoms with Crippen LogP contribution in [0.4, 0.5) is 0 Å². The van der Waals surface area contributed by atoms with Crippen LogP contribution in [0, 0.1) is 0 Å². The van der Waals surface area contributed by atoms with Crippen LogP contribution in [0.3, 0.4) is 0 Å². The van der Waals surface area contributed by atoms with E-state index in [-0.39, 0.29) is 13.0 Å². The standard InChI is InChI=1S/C7H16O4.C3H6O2/c1-9-4-5-11-7-6-10-3-2-8;1-2-3(4)5/h8H,2-7H2,1H3;2H2,1H3,(H,4,5). The van der Waals surface area contributed by atoms with Gasteiger partial charge in [-0.15, -0.1) is 0 Å². The highest BCUT2D eigenvalue weighted by atomic mass is 16.5. The van der Waals surface area contributed by atoms with Crippen molar-refractivity contribution in [3.8, 4) is 0 Å². The Labute approximate surface area is 96.1 Å². The molecule has 0 unspecified atom stereocenters. The third-order valence-electron chi connectivity index (χ3n) is 1.34. The van der Waals surface area contributed by atoms with Gasteiger partial charge >= 0.3 is 5.97 Å². The first-order chi connectivity index (χ1) is 7.68. The van der Waals surface area contributed by atoms with E-state index in [9.17, 15) is 4.79 Å². The summed E-state index contributed by atoms with van der Waals surface area (Å²) in [4.78, 5) is 9.37. The van der Waals surface area contributed by atoms with Gasteiger partial charge in [-0.25, -0.2) is 0 Å². The van der Waals surface area contributed by atoms with Gasteiger partial charge in [0.1, 0.15) is 0 Å². The predicted octanol–water partition coefficient (Wildman–Crippen LogP) is 0.139. The molecule has 0 amide bonds. The summed E-state index contributed by atoms with van der Waals surface area (Å²) in [6, 6.07) is 0. The molecule has 2 N–H and O–H groups in total. The summed E-state index contributed by atoms with van der Waals surface area (Å²) in [5.41, 5.74) is 0. The second-order valence-electron chi connectivity index (χ2n) is 2.69. The smallest absolute Gasteiger partial charge is 0.303 e. The van der Waals surface area contributed by atoms with Crippen molar-refractivity contribution in [1.29, 1.82) is 0 Å². The molecule has 0 heterocycles. The molecule has 16 heavy (non-hydrogen) atoms. The van der Waals surface area contributed by atoms with Gasteiger partial charge in [0.05, 0.1) is 39.6 Å². The van der Waals surface area contributed by atoms with Crippen molar-refractivity contribution in [2.24, 2.45) is 0 Å². The normalized spacial score (nSPS) is 9.44. The van der Waals surface area contributed by atoms with Crippen molar-refractivity contribution in [2.45, 2.75) is 13.3 Å². The minimum Gasteiger partial charge on any atom is -0.481 e. The number of rotatable bonds is 9. The first-order valence-corrected chi connectivity index (χ1v) is 5.16. The molecular weight excluding hydrogens is 216 g/mol. The number of carboxylic acids is 1. The lowest BCUT2D eigenvalue weighted by molar-refractivity contribution is -0.136. The number of hydrogen-bond acceptors (Lipinski definition) is 5. The van der Waals surface area contributed by atoms with Crippen LogP contribution in [0.5, 0.6) is 0 Å². The van der Waals surface area contributed by atoms with Crippen LogP contribution in [-0.4, -0.2) is 62.9 Å². The van der Waals surface area contributed by atoms with Crippen LogP contribution >= 0.6 is 0 Å². The SMILES string of the molecule is CCC(=O)O.COCCOCCOCCO. The second kappa shape index (κ2) is 16.7. The van der Waals surface area contributed by atoms with Crippen LogP contribution in [0.15, 0.2) is 0 Å². The molecule has 0 aliphatic carbocycles. The van der Waals surface area contributed by atoms with E-state index in [1.165, 1.54) is 0 Å². The van der Waals surface area contributed by atoms with Gasteiger partial charge in [-0.3, -0.25) is 4.79 Å². The first-order valence-electron chi connectivity index (χ1n) is 5.16. The monoisotopic (exact) mass is 238 g/mol. The minimum atomic E-state index is -0.745. The number of methoxy groups -OCH3 is 1. The zero-order chi connectivity index (χ0) is 12.6. The summed E-state index contributed by atoms with van der Waals surface area (Å²) in [5, 5.41) is 16.0. The van der Waals surface area contributed by atoms with Gasteiger partial charge in [0, 0.05) is 13.5 Å². The Hall–Kier alpha value is -0.690. The summed E-state index contributed by atoms with van der Waals surface area (Å²) in [5.74, 6) is -0.745. The molecule has 0 bridgehead atoms. The largest absolute Gasteiger partial charge is 0.481 e. The van der Waals surface area contributed by atoms with E-state index >= 15 is 0 Å². The van der Waals surface area contributed by atoms with Gasteiger partial charge in [-0.1, -0.05) is 6.92 Å². The Morgan fingerprint density at radius 2 is 1.50 bits per heavy atom. The maximum Gasteiger partial charge on any atom is 0.303 e. The quantitative estimate of drug-likeness (QED) is 0.556. The van der Waals surface area contributed by atoms with Gasteiger partial charge in [-0.2, -0.15) is 0 Å². The van der Waals surface area contributed by atoms with Crippen LogP contribution in [0.25, 0.3) is 0 Å². The van der Waals surface area contributed by atoms with E-state index in [4.69, 9.17) is 24.4 Å². The number of hydrogen-bond donors (Lipinski definition) is 2. The summed E-state index contributed by atoms with van der Waals surface area (Å²) >= 11 is 0. The molecule has 6 heteroatoms. The Bertz CT molecular complexity index is 131. The fourth-order valence-corrected chi connectivity index (χ4v) is 0.529. The maximum absolute atomic E-state index is 9.37. The third kappa shape index (κ3) is 23.3. The topological polar surface area (TPSA) is 85.2 Å². The lowest BCUT2D eigenvalue weighted by Crippen LogP contribution is -2.09. The lowest BCUT2D eigenvalue weighted by Gasteiger charge is -2.03. The molecule has 0 aliphatic rings. The van der Waals surface area contributed by atoms with Gasteiger partial charge < -0.3 is 24.4 Å². The predicted molar refractivity (Wildman–Crippen MR) is 58.5 cm³/mol. The number of carbonyl (C=O) groups is 1. The zero-order valence-corrected chi connectivity index (χ0v) is 9.98. The molecule has 0 spiro atoms. The Kier molecular flexibility index (Phi) is 18.5. The van der Waals surface area contributed by atoms with E-state index < -0.39 is 5.97 Å². The highest BCUT2D eigenvalue weighted by Gasteiger charge is 1.87. The van der Waals surface area contributed by atoms with Crippen molar-refractivity contribution in [3.63, 3.8) is 0 Å². The average Bonchev–Trinajstić information content (AvgIpc) is 2.29. The van der Waals surface area contributed by atoms with Crippen LogP contribution in [-0.2, 0) is 19.0 Å². The van der Waals surface area contributed by atoms with Crippen molar-refractivity contribution in [1.82, 2.24) is 0 Å². The Balaban J connectivity index is 0. The molecule has 0 saturated heterocycles. The van der Waals surface area contributed by atoms with E-state index in [1.807, 2.05) is 0 Å². The van der Waals surface area contributed by atoms with E-state index in [1.54, 1.807) is 14.0 Å². The molecule has 0 atom stereocenters. The fraction of sp³-hybridized carbons (Fsp3) is 0.900. The second-order valence-corrected chi connectivity index (χ2v) is 2.69. The highest BCUT2D eigenvalue weighted by Crippen LogP contribution is 1.78. The molecule has 0 aromatic carbocycles. The third-order valence-corrected chi connectivity index (χ3v) is 1.34. The zero-order valence-electron chi connectivity index (χ0n) is 9.98. The Morgan fingerprint density at radius 1 is 1.06 bits per heavy atom. The average molecular weight is 238 g/mol. The van der Waals surface area contributed by atoms with Crippen LogP contribution < -0.4 is 0 Å². The molecule has 0 fully saturated rings. The first kappa shape index (κ1) is 17.7. The molecule has 0 radical (unpaired) electrons. The number of aliphatic hydroxyl groups is 1. The van der Waals surface area contributed by atoms with Crippen LogP contribution in [0.1, 0.15) is 13.3 Å². The summed E-state index contributed by atoms with van der Waals surface area (Å²) in [6.45, 7) is 4.35. The van der Waals surface area contributed by atoms with Crippen molar-refractivity contribution < 1.29 is 29.2 Å². The maximum atomic E-state index is 9.37. The molecule has 0 saturated carbocycles. The molecule has 0 aromatic rings. The number of carboxylic acid groups (broad SMARTS) is 1. The summed E-state index contributed by atoms with van der Waals surface area (Å²) < 4.78 is 14.8. The van der Waals surface area contributed by atoms with E-state index in [2.05, 4.69) is 0 Å². The summed E-state index contributed by atoms with van der Waals surface area (Å²) in [6.07, 6.45) is 0.222. The number of ether oxygens (including phenoxy) is 3. The summed E-state index contributed by atoms with van der Waals surface area (Å²) in [7, 11) is 1.63. The van der Waals surface area contributed by atoms with Gasteiger partial charge in [0.15, 0.2) is 0 Å². The molecular formula is C10H22O6. The highest BCUT2D eigenvalue weighted by molar-refractivity contribution is 5.66. The number of aliphatic carboxylic acids is 1. The fourth-order valence-electron chi connectivity index (χ4n) is 0.529. The van der Waals surface area contributed by atoms with Crippen molar-refractivity contribution >= 4 is 5.97 Å². The van der Waals surface area contributed by atoms with E-state index in [0.29, 0.717) is 33.0 Å². The van der Waals surface area contributed by atoms with E-state index in [0.717, 1.165) is 0 Å². The molecule has 0 aliphatic heterocycles. The van der Waals surface area contributed by atoms with Gasteiger partial charge in [0.25, 0.3) is 0 Å². The molecule has 98 valence electrons. The minimum absolute atomic E-state index is 0.0675. The van der Waals surface area contributed by atoms with Gasteiger partial charge in [0.2, 0.25) is 0 Å². The van der Waals surface area contributed by atoms with Gasteiger partial charge in [-0.05, 0) is 0 Å². The molecule has 0 aromatic heterocycles.